The summed E-state index contributed by atoms with van der Waals surface area (Å²) >= 11 is 5.90. The van der Waals surface area contributed by atoms with Crippen molar-refractivity contribution in [3.63, 3.8) is 0 Å². The number of benzene rings is 2. The maximum Gasteiger partial charge on any atom is 0.115 e. The van der Waals surface area contributed by atoms with Gasteiger partial charge in [0.05, 0.1) is 0 Å². The Morgan fingerprint density at radius 3 is 1.71 bits per heavy atom. The number of hydrogen-bond donors (Lipinski definition) is 1. The zero-order valence-corrected chi connectivity index (χ0v) is 10.7. The van der Waals surface area contributed by atoms with E-state index in [0.717, 1.165) is 10.6 Å². The average Bonchev–Trinajstić information content (AvgIpc) is 2.30. The van der Waals surface area contributed by atoms with E-state index >= 15 is 0 Å². The van der Waals surface area contributed by atoms with Gasteiger partial charge >= 0.3 is 0 Å². The van der Waals surface area contributed by atoms with Crippen molar-refractivity contribution >= 4 is 11.6 Å². The predicted molar refractivity (Wildman–Crippen MR) is 71.7 cm³/mol. The second-order valence-corrected chi connectivity index (χ2v) is 5.12. The predicted octanol–water partition coefficient (Wildman–Crippen LogP) is 4.37. The number of phenolic OH excluding ortho intramolecular Hbond substituents is 1. The molecule has 17 heavy (non-hydrogen) atoms. The first-order valence-electron chi connectivity index (χ1n) is 5.56. The number of hydrogen-bond acceptors (Lipinski definition) is 1. The van der Waals surface area contributed by atoms with Gasteiger partial charge in [-0.1, -0.05) is 49.7 Å². The average molecular weight is 247 g/mol. The first-order valence-corrected chi connectivity index (χ1v) is 5.93. The van der Waals surface area contributed by atoms with Crippen LogP contribution in [0.15, 0.2) is 48.5 Å². The fourth-order valence-corrected chi connectivity index (χ4v) is 2.04. The molecule has 0 saturated heterocycles. The third kappa shape index (κ3) is 2.45. The van der Waals surface area contributed by atoms with Gasteiger partial charge in [-0.15, -0.1) is 0 Å². The van der Waals surface area contributed by atoms with Crippen LogP contribution in [0.4, 0.5) is 0 Å². The molecule has 0 heterocycles. The minimum atomic E-state index is -0.0989. The maximum atomic E-state index is 9.31. The van der Waals surface area contributed by atoms with Crippen LogP contribution >= 0.6 is 11.6 Å². The van der Waals surface area contributed by atoms with E-state index in [1.54, 1.807) is 12.1 Å². The molecule has 88 valence electrons. The molecule has 2 aromatic rings. The van der Waals surface area contributed by atoms with Crippen molar-refractivity contribution in [1.29, 1.82) is 0 Å². The molecule has 0 saturated carbocycles. The topological polar surface area (TPSA) is 20.2 Å². The van der Waals surface area contributed by atoms with Crippen LogP contribution in [0, 0.1) is 0 Å². The summed E-state index contributed by atoms with van der Waals surface area (Å²) in [7, 11) is 0. The Labute approximate surface area is 107 Å². The van der Waals surface area contributed by atoms with E-state index in [4.69, 9.17) is 11.6 Å². The van der Waals surface area contributed by atoms with E-state index in [9.17, 15) is 5.11 Å². The van der Waals surface area contributed by atoms with Gasteiger partial charge in [0.25, 0.3) is 0 Å². The van der Waals surface area contributed by atoms with Crippen molar-refractivity contribution in [1.82, 2.24) is 0 Å². The van der Waals surface area contributed by atoms with Crippen molar-refractivity contribution in [2.75, 3.05) is 0 Å². The van der Waals surface area contributed by atoms with E-state index in [1.165, 1.54) is 5.56 Å². The molecule has 2 rings (SSSR count). The standard InChI is InChI=1S/C15H15ClO/c1-15(2,11-3-7-13(16)8-4-11)12-5-9-14(17)10-6-12/h3-10,17H,1-2H3. The van der Waals surface area contributed by atoms with Crippen LogP contribution in [0.5, 0.6) is 5.75 Å². The highest BCUT2D eigenvalue weighted by molar-refractivity contribution is 6.30. The number of aromatic hydroxyl groups is 1. The smallest absolute Gasteiger partial charge is 0.115 e. The van der Waals surface area contributed by atoms with Crippen LogP contribution in [0.1, 0.15) is 25.0 Å². The highest BCUT2D eigenvalue weighted by Gasteiger charge is 2.22. The van der Waals surface area contributed by atoms with Gasteiger partial charge in [-0.3, -0.25) is 0 Å². The summed E-state index contributed by atoms with van der Waals surface area (Å²) in [5, 5.41) is 10.1. The van der Waals surface area contributed by atoms with Crippen molar-refractivity contribution in [2.24, 2.45) is 0 Å². The fourth-order valence-electron chi connectivity index (χ4n) is 1.91. The van der Waals surface area contributed by atoms with Crippen LogP contribution < -0.4 is 0 Å². The summed E-state index contributed by atoms with van der Waals surface area (Å²) in [6.07, 6.45) is 0. The maximum absolute atomic E-state index is 9.31. The molecule has 0 aliphatic rings. The summed E-state index contributed by atoms with van der Waals surface area (Å²) in [5.41, 5.74) is 2.27. The second kappa shape index (κ2) is 4.42. The lowest BCUT2D eigenvalue weighted by atomic mass is 9.78. The normalized spacial score (nSPS) is 11.5. The van der Waals surface area contributed by atoms with Gasteiger partial charge in [-0.2, -0.15) is 0 Å². The molecule has 0 bridgehead atoms. The largest absolute Gasteiger partial charge is 0.508 e. The quantitative estimate of drug-likeness (QED) is 0.834. The van der Waals surface area contributed by atoms with Gasteiger partial charge in [0.1, 0.15) is 5.75 Å². The van der Waals surface area contributed by atoms with Gasteiger partial charge < -0.3 is 5.11 Å². The number of phenols is 1. The molecule has 0 radical (unpaired) electrons. The number of halogens is 1. The molecular weight excluding hydrogens is 232 g/mol. The summed E-state index contributed by atoms with van der Waals surface area (Å²) in [6, 6.07) is 15.2. The molecule has 2 heteroatoms. The third-order valence-corrected chi connectivity index (χ3v) is 3.41. The Morgan fingerprint density at radius 2 is 1.24 bits per heavy atom. The minimum Gasteiger partial charge on any atom is -0.508 e. The third-order valence-electron chi connectivity index (χ3n) is 3.15. The molecule has 0 aromatic heterocycles. The molecule has 1 N–H and O–H groups in total. The molecule has 0 aliphatic carbocycles. The SMILES string of the molecule is CC(C)(c1ccc(O)cc1)c1ccc(Cl)cc1. The molecule has 0 amide bonds. The Kier molecular flexibility index (Phi) is 3.12. The highest BCUT2D eigenvalue weighted by atomic mass is 35.5. The first-order chi connectivity index (χ1) is 8.00. The van der Waals surface area contributed by atoms with Crippen LogP contribution in [0.3, 0.4) is 0 Å². The van der Waals surface area contributed by atoms with Gasteiger partial charge in [-0.05, 0) is 35.4 Å². The summed E-state index contributed by atoms with van der Waals surface area (Å²) in [5.74, 6) is 0.292. The molecule has 0 fully saturated rings. The van der Waals surface area contributed by atoms with Crippen LogP contribution in [-0.4, -0.2) is 5.11 Å². The second-order valence-electron chi connectivity index (χ2n) is 4.68. The Bertz CT molecular complexity index is 450. The molecule has 0 atom stereocenters. The van der Waals surface area contributed by atoms with Crippen molar-refractivity contribution in [2.45, 2.75) is 19.3 Å². The fraction of sp³-hybridized carbons (Fsp3) is 0.200. The molecule has 2 aromatic carbocycles. The van der Waals surface area contributed by atoms with Gasteiger partial charge in [0, 0.05) is 10.4 Å². The van der Waals surface area contributed by atoms with Crippen LogP contribution in [0.25, 0.3) is 0 Å². The van der Waals surface area contributed by atoms with Crippen LogP contribution in [-0.2, 0) is 5.41 Å². The Morgan fingerprint density at radius 1 is 0.824 bits per heavy atom. The minimum absolute atomic E-state index is 0.0989. The van der Waals surface area contributed by atoms with E-state index in [0.29, 0.717) is 5.75 Å². The lowest BCUT2D eigenvalue weighted by Gasteiger charge is -2.26. The van der Waals surface area contributed by atoms with Crippen molar-refractivity contribution < 1.29 is 5.11 Å². The van der Waals surface area contributed by atoms with Gasteiger partial charge in [0.15, 0.2) is 0 Å². The molecular formula is C15H15ClO. The Balaban J connectivity index is 2.41. The number of rotatable bonds is 2. The van der Waals surface area contributed by atoms with Crippen LogP contribution in [0.2, 0.25) is 5.02 Å². The zero-order chi connectivity index (χ0) is 12.5. The van der Waals surface area contributed by atoms with E-state index in [2.05, 4.69) is 13.8 Å². The van der Waals surface area contributed by atoms with E-state index in [1.807, 2.05) is 36.4 Å². The van der Waals surface area contributed by atoms with Gasteiger partial charge in [0.2, 0.25) is 0 Å². The zero-order valence-electron chi connectivity index (χ0n) is 9.94. The summed E-state index contributed by atoms with van der Waals surface area (Å²) in [4.78, 5) is 0. The van der Waals surface area contributed by atoms with Crippen molar-refractivity contribution in [3.8, 4) is 5.75 Å². The molecule has 0 unspecified atom stereocenters. The van der Waals surface area contributed by atoms with Crippen molar-refractivity contribution in [3.05, 3.63) is 64.7 Å². The Hall–Kier alpha value is -1.47. The van der Waals surface area contributed by atoms with E-state index < -0.39 is 0 Å². The summed E-state index contributed by atoms with van der Waals surface area (Å²) in [6.45, 7) is 4.31. The molecule has 1 nitrogen and oxygen atoms in total. The lowest BCUT2D eigenvalue weighted by molar-refractivity contribution is 0.474. The van der Waals surface area contributed by atoms with Gasteiger partial charge in [-0.25, -0.2) is 0 Å². The monoisotopic (exact) mass is 246 g/mol. The van der Waals surface area contributed by atoms with E-state index in [-0.39, 0.29) is 5.41 Å². The highest BCUT2D eigenvalue weighted by Crippen LogP contribution is 2.32. The molecule has 0 spiro atoms. The lowest BCUT2D eigenvalue weighted by Crippen LogP contribution is -2.18. The summed E-state index contributed by atoms with van der Waals surface area (Å²) < 4.78 is 0. The molecule has 0 aliphatic heterocycles. The first kappa shape index (κ1) is 12.0.